The molecule has 0 saturated carbocycles. The molecular formula is C22H20ClN5OS. The minimum absolute atomic E-state index is 0.00853. The van der Waals surface area contributed by atoms with Crippen molar-refractivity contribution in [3.63, 3.8) is 0 Å². The number of nitrogens with zero attached hydrogens (tertiary/aromatic N) is 4. The third-order valence-electron chi connectivity index (χ3n) is 5.36. The topological polar surface area (TPSA) is 65.1 Å². The summed E-state index contributed by atoms with van der Waals surface area (Å²) in [5.74, 6) is -0.00853. The van der Waals surface area contributed by atoms with Gasteiger partial charge in [-0.05, 0) is 18.2 Å². The average molecular weight is 438 g/mol. The fraction of sp³-hybridized carbons (Fsp3) is 0.227. The number of amides is 1. The van der Waals surface area contributed by atoms with Crippen molar-refractivity contribution in [1.29, 1.82) is 0 Å². The highest BCUT2D eigenvalue weighted by Gasteiger charge is 2.25. The molecule has 0 radical (unpaired) electrons. The summed E-state index contributed by atoms with van der Waals surface area (Å²) in [5, 5.41) is 11.9. The van der Waals surface area contributed by atoms with Crippen LogP contribution in [0.1, 0.15) is 16.2 Å². The van der Waals surface area contributed by atoms with Crippen LogP contribution in [0.2, 0.25) is 5.02 Å². The smallest absolute Gasteiger partial charge is 0.275 e. The fourth-order valence-electron chi connectivity index (χ4n) is 3.72. The SMILES string of the molecule is O=C(c1n[nH]c2ccccc12)N1CCN(Cc2csc(-c3ccc(Cl)cc3)n2)CC1. The van der Waals surface area contributed by atoms with Crippen LogP contribution in [0.25, 0.3) is 21.5 Å². The van der Waals surface area contributed by atoms with Gasteiger partial charge in [0, 0.05) is 54.1 Å². The maximum Gasteiger partial charge on any atom is 0.275 e. The van der Waals surface area contributed by atoms with E-state index >= 15 is 0 Å². The summed E-state index contributed by atoms with van der Waals surface area (Å²) in [7, 11) is 0. The first kappa shape index (κ1) is 19.2. The Bertz CT molecular complexity index is 1180. The Morgan fingerprint density at radius 3 is 2.63 bits per heavy atom. The number of carbonyl (C=O) groups excluding carboxylic acids is 1. The van der Waals surface area contributed by atoms with Crippen LogP contribution in [0.5, 0.6) is 0 Å². The molecule has 2 aromatic carbocycles. The normalized spacial score (nSPS) is 15.0. The van der Waals surface area contributed by atoms with Crippen molar-refractivity contribution in [3.8, 4) is 10.6 Å². The number of aromatic amines is 1. The van der Waals surface area contributed by atoms with Crippen LogP contribution in [0.3, 0.4) is 0 Å². The first-order valence-electron chi connectivity index (χ1n) is 9.82. The molecule has 6 nitrogen and oxygen atoms in total. The molecule has 1 aliphatic heterocycles. The second kappa shape index (κ2) is 8.18. The second-order valence-corrected chi connectivity index (χ2v) is 8.63. The van der Waals surface area contributed by atoms with Gasteiger partial charge in [0.25, 0.3) is 5.91 Å². The molecule has 0 bridgehead atoms. The Morgan fingerprint density at radius 2 is 1.83 bits per heavy atom. The van der Waals surface area contributed by atoms with Crippen LogP contribution >= 0.6 is 22.9 Å². The van der Waals surface area contributed by atoms with Crippen LogP contribution < -0.4 is 0 Å². The summed E-state index contributed by atoms with van der Waals surface area (Å²) in [6.45, 7) is 3.81. The van der Waals surface area contributed by atoms with Crippen molar-refractivity contribution in [2.45, 2.75) is 6.54 Å². The summed E-state index contributed by atoms with van der Waals surface area (Å²) in [6, 6.07) is 15.5. The lowest BCUT2D eigenvalue weighted by Gasteiger charge is -2.34. The number of piperazine rings is 1. The quantitative estimate of drug-likeness (QED) is 0.517. The zero-order valence-corrected chi connectivity index (χ0v) is 17.8. The summed E-state index contributed by atoms with van der Waals surface area (Å²) in [4.78, 5) is 21.9. The molecule has 0 atom stereocenters. The van der Waals surface area contributed by atoms with Gasteiger partial charge >= 0.3 is 0 Å². The van der Waals surface area contributed by atoms with E-state index in [-0.39, 0.29) is 5.91 Å². The van der Waals surface area contributed by atoms with Crippen LogP contribution in [-0.4, -0.2) is 57.1 Å². The predicted octanol–water partition coefficient (Wildman–Crippen LogP) is 4.30. The van der Waals surface area contributed by atoms with Gasteiger partial charge in [0.1, 0.15) is 5.01 Å². The number of H-pyrrole nitrogens is 1. The van der Waals surface area contributed by atoms with Gasteiger partial charge in [0.05, 0.1) is 11.2 Å². The first-order chi connectivity index (χ1) is 14.7. The number of hydrogen-bond donors (Lipinski definition) is 1. The average Bonchev–Trinajstić information content (AvgIpc) is 3.42. The number of carbonyl (C=O) groups is 1. The summed E-state index contributed by atoms with van der Waals surface area (Å²) in [6.07, 6.45) is 0. The van der Waals surface area contributed by atoms with Gasteiger partial charge in [-0.15, -0.1) is 11.3 Å². The maximum absolute atomic E-state index is 12.9. The van der Waals surface area contributed by atoms with Gasteiger partial charge in [0.15, 0.2) is 5.69 Å². The minimum atomic E-state index is -0.00853. The number of benzene rings is 2. The van der Waals surface area contributed by atoms with E-state index in [9.17, 15) is 4.79 Å². The van der Waals surface area contributed by atoms with E-state index in [1.807, 2.05) is 53.4 Å². The van der Waals surface area contributed by atoms with Crippen LogP contribution in [0.4, 0.5) is 0 Å². The lowest BCUT2D eigenvalue weighted by atomic mass is 10.2. The molecule has 0 spiro atoms. The lowest BCUT2D eigenvalue weighted by Crippen LogP contribution is -2.48. The van der Waals surface area contributed by atoms with Gasteiger partial charge in [-0.2, -0.15) is 5.10 Å². The number of rotatable bonds is 4. The molecule has 2 aromatic heterocycles. The highest BCUT2D eigenvalue weighted by Crippen LogP contribution is 2.26. The van der Waals surface area contributed by atoms with Gasteiger partial charge in [-0.3, -0.25) is 14.8 Å². The van der Waals surface area contributed by atoms with Crippen molar-refractivity contribution in [2.24, 2.45) is 0 Å². The van der Waals surface area contributed by atoms with Gasteiger partial charge in [-0.25, -0.2) is 4.98 Å². The van der Waals surface area contributed by atoms with E-state index in [4.69, 9.17) is 16.6 Å². The minimum Gasteiger partial charge on any atom is -0.335 e. The first-order valence-corrected chi connectivity index (χ1v) is 11.1. The molecular weight excluding hydrogens is 418 g/mol. The molecule has 1 aliphatic rings. The van der Waals surface area contributed by atoms with Crippen LogP contribution in [-0.2, 0) is 6.54 Å². The molecule has 0 unspecified atom stereocenters. The van der Waals surface area contributed by atoms with Crippen LogP contribution in [0.15, 0.2) is 53.9 Å². The Hall–Kier alpha value is -2.74. The lowest BCUT2D eigenvalue weighted by molar-refractivity contribution is 0.0623. The molecule has 5 rings (SSSR count). The summed E-state index contributed by atoms with van der Waals surface area (Å²) >= 11 is 7.62. The largest absolute Gasteiger partial charge is 0.335 e. The van der Waals surface area contributed by atoms with Crippen LogP contribution in [0, 0.1) is 0 Å². The third kappa shape index (κ3) is 3.84. The van der Waals surface area contributed by atoms with Crippen molar-refractivity contribution in [1.82, 2.24) is 25.0 Å². The number of para-hydroxylation sites is 1. The second-order valence-electron chi connectivity index (χ2n) is 7.34. The zero-order valence-electron chi connectivity index (χ0n) is 16.2. The van der Waals surface area contributed by atoms with Gasteiger partial charge in [0.2, 0.25) is 0 Å². The fourth-order valence-corrected chi connectivity index (χ4v) is 4.66. The van der Waals surface area contributed by atoms with E-state index in [1.54, 1.807) is 11.3 Å². The highest BCUT2D eigenvalue weighted by molar-refractivity contribution is 7.13. The zero-order chi connectivity index (χ0) is 20.5. The van der Waals surface area contributed by atoms with E-state index in [0.29, 0.717) is 18.8 Å². The summed E-state index contributed by atoms with van der Waals surface area (Å²) in [5.41, 5.74) is 3.53. The van der Waals surface area contributed by atoms with E-state index in [2.05, 4.69) is 20.5 Å². The van der Waals surface area contributed by atoms with Crippen molar-refractivity contribution in [2.75, 3.05) is 26.2 Å². The number of aromatic nitrogens is 3. The molecule has 152 valence electrons. The molecule has 0 aliphatic carbocycles. The Kier molecular flexibility index (Phi) is 5.25. The number of hydrogen-bond acceptors (Lipinski definition) is 5. The number of nitrogens with one attached hydrogen (secondary N) is 1. The van der Waals surface area contributed by atoms with Crippen molar-refractivity contribution in [3.05, 3.63) is 70.3 Å². The Labute approximate surface area is 183 Å². The molecule has 1 saturated heterocycles. The third-order valence-corrected chi connectivity index (χ3v) is 6.55. The van der Waals surface area contributed by atoms with Crippen molar-refractivity contribution >= 4 is 39.7 Å². The number of thiazole rings is 1. The molecule has 8 heteroatoms. The van der Waals surface area contributed by atoms with Gasteiger partial charge < -0.3 is 4.90 Å². The van der Waals surface area contributed by atoms with Gasteiger partial charge in [-0.1, -0.05) is 41.9 Å². The number of halogens is 1. The van der Waals surface area contributed by atoms with E-state index in [1.165, 1.54) is 0 Å². The molecule has 30 heavy (non-hydrogen) atoms. The Balaban J connectivity index is 1.20. The standard InChI is InChI=1S/C22H20ClN5OS/c23-16-7-5-15(6-8-16)21-24-17(14-30-21)13-27-9-11-28(12-10-27)22(29)20-18-3-1-2-4-19(18)25-26-20/h1-8,14H,9-13H2,(H,25,26). The Morgan fingerprint density at radius 1 is 1.07 bits per heavy atom. The molecule has 1 fully saturated rings. The molecule has 3 heterocycles. The van der Waals surface area contributed by atoms with Crippen molar-refractivity contribution < 1.29 is 4.79 Å². The maximum atomic E-state index is 12.9. The monoisotopic (exact) mass is 437 g/mol. The predicted molar refractivity (Wildman–Crippen MR) is 120 cm³/mol. The molecule has 1 N–H and O–H groups in total. The highest BCUT2D eigenvalue weighted by atomic mass is 35.5. The number of fused-ring (bicyclic) bond motifs is 1. The van der Waals surface area contributed by atoms with E-state index in [0.717, 1.165) is 51.8 Å². The molecule has 1 amide bonds. The summed E-state index contributed by atoms with van der Waals surface area (Å²) < 4.78 is 0. The molecule has 4 aromatic rings. The van der Waals surface area contributed by atoms with E-state index < -0.39 is 0 Å².